The highest BCUT2D eigenvalue weighted by atomic mass is 16.5. The summed E-state index contributed by atoms with van der Waals surface area (Å²) in [6, 6.07) is 10.6. The summed E-state index contributed by atoms with van der Waals surface area (Å²) in [5, 5.41) is 25.6. The van der Waals surface area contributed by atoms with E-state index < -0.39 is 5.54 Å². The molecular formula is C24H32N6O3. The Bertz CT molecular complexity index is 1080. The molecule has 0 unspecified atom stereocenters. The number of nitrogens with zero attached hydrogens (tertiary/aromatic N) is 3. The van der Waals surface area contributed by atoms with Crippen LogP contribution in [0.1, 0.15) is 51.4 Å². The van der Waals surface area contributed by atoms with Gasteiger partial charge in [-0.25, -0.2) is 0 Å². The van der Waals surface area contributed by atoms with E-state index in [-0.39, 0.29) is 41.5 Å². The molecule has 0 aliphatic carbocycles. The number of aliphatic imine (C=N–C) groups is 1. The Balaban J connectivity index is 2.09. The Morgan fingerprint density at radius 1 is 1.21 bits per heavy atom. The first-order chi connectivity index (χ1) is 15.3. The molecule has 9 heteroatoms. The molecule has 1 aromatic carbocycles. The first-order valence-electron chi connectivity index (χ1n) is 10.5. The highest BCUT2D eigenvalue weighted by Gasteiger charge is 2.19. The summed E-state index contributed by atoms with van der Waals surface area (Å²) in [5.41, 5.74) is 13.6. The zero-order valence-corrected chi connectivity index (χ0v) is 19.8. The number of hydrogen-bond acceptors (Lipinski definition) is 7. The van der Waals surface area contributed by atoms with E-state index in [1.165, 1.54) is 0 Å². The minimum atomic E-state index is -0.833. The summed E-state index contributed by atoms with van der Waals surface area (Å²) in [7, 11) is 0. The molecule has 1 aromatic heterocycles. The predicted octanol–water partition coefficient (Wildman–Crippen LogP) is 2.77. The number of aliphatic hydroxyl groups is 1. The van der Waals surface area contributed by atoms with Crippen LogP contribution in [0.15, 0.2) is 45.4 Å². The number of amides is 1. The third kappa shape index (κ3) is 7.77. The normalized spacial score (nSPS) is 13.3. The van der Waals surface area contributed by atoms with Crippen molar-refractivity contribution in [2.24, 2.45) is 21.9 Å². The van der Waals surface area contributed by atoms with E-state index in [0.29, 0.717) is 11.4 Å². The van der Waals surface area contributed by atoms with Gasteiger partial charge in [-0.3, -0.25) is 15.1 Å². The van der Waals surface area contributed by atoms with Crippen LogP contribution in [0.2, 0.25) is 0 Å². The van der Waals surface area contributed by atoms with Gasteiger partial charge >= 0.3 is 0 Å². The maximum Gasteiger partial charge on any atom is 0.231 e. The minimum absolute atomic E-state index is 0.0263. The Hall–Kier alpha value is -3.64. The SMILES string of the molecule is CC(C)(C)Cc1cc(NC(=O)Cc2ccc(C(N)=C(C#N)C(N)=NC(C)(C)CO)cc2)on1. The molecule has 6 N–H and O–H groups in total. The van der Waals surface area contributed by atoms with Crippen molar-refractivity contribution in [2.45, 2.75) is 53.0 Å². The van der Waals surface area contributed by atoms with Crippen molar-refractivity contribution >= 4 is 23.3 Å². The number of amidine groups is 1. The van der Waals surface area contributed by atoms with Crippen LogP contribution >= 0.6 is 0 Å². The van der Waals surface area contributed by atoms with E-state index in [1.807, 2.05) is 6.07 Å². The number of anilines is 1. The number of nitrogens with one attached hydrogen (secondary N) is 1. The number of rotatable bonds is 8. The molecule has 0 radical (unpaired) electrons. The van der Waals surface area contributed by atoms with Crippen LogP contribution < -0.4 is 16.8 Å². The molecule has 2 aromatic rings. The van der Waals surface area contributed by atoms with Gasteiger partial charge in [-0.2, -0.15) is 5.26 Å². The second-order valence-electron chi connectivity index (χ2n) is 9.71. The van der Waals surface area contributed by atoms with Gasteiger partial charge < -0.3 is 21.1 Å². The third-order valence-corrected chi connectivity index (χ3v) is 4.61. The lowest BCUT2D eigenvalue weighted by atomic mass is 9.91. The van der Waals surface area contributed by atoms with Crippen LogP contribution in [-0.2, 0) is 17.6 Å². The molecule has 1 amide bonds. The van der Waals surface area contributed by atoms with E-state index in [2.05, 4.69) is 36.2 Å². The van der Waals surface area contributed by atoms with Crippen molar-refractivity contribution in [2.75, 3.05) is 11.9 Å². The quantitative estimate of drug-likeness (QED) is 0.272. The molecule has 0 fully saturated rings. The lowest BCUT2D eigenvalue weighted by Gasteiger charge is -2.17. The maximum absolute atomic E-state index is 12.4. The Kier molecular flexibility index (Phi) is 8.01. The lowest BCUT2D eigenvalue weighted by molar-refractivity contribution is -0.115. The van der Waals surface area contributed by atoms with Crippen molar-refractivity contribution in [1.82, 2.24) is 5.16 Å². The Labute approximate surface area is 194 Å². The van der Waals surface area contributed by atoms with E-state index in [4.69, 9.17) is 16.0 Å². The molecule has 0 saturated heterocycles. The van der Waals surface area contributed by atoms with Crippen LogP contribution in [0.25, 0.3) is 5.70 Å². The van der Waals surface area contributed by atoms with Crippen LogP contribution in [0.5, 0.6) is 0 Å². The smallest absolute Gasteiger partial charge is 0.231 e. The van der Waals surface area contributed by atoms with Gasteiger partial charge in [-0.15, -0.1) is 0 Å². The summed E-state index contributed by atoms with van der Waals surface area (Å²) in [6.45, 7) is 9.45. The number of nitrogens with two attached hydrogens (primary N) is 2. The molecule has 0 saturated carbocycles. The number of carbonyl (C=O) groups excluding carboxylic acids is 1. The largest absolute Gasteiger partial charge is 0.397 e. The van der Waals surface area contributed by atoms with Gasteiger partial charge in [0.15, 0.2) is 0 Å². The molecule has 33 heavy (non-hydrogen) atoms. The van der Waals surface area contributed by atoms with Crippen molar-refractivity contribution < 1.29 is 14.4 Å². The van der Waals surface area contributed by atoms with Crippen LogP contribution in [0, 0.1) is 16.7 Å². The predicted molar refractivity (Wildman–Crippen MR) is 128 cm³/mol. The fourth-order valence-electron chi connectivity index (χ4n) is 2.98. The summed E-state index contributed by atoms with van der Waals surface area (Å²) < 4.78 is 5.20. The highest BCUT2D eigenvalue weighted by Crippen LogP contribution is 2.22. The van der Waals surface area contributed by atoms with Crippen LogP contribution in [0.3, 0.4) is 0 Å². The summed E-state index contributed by atoms with van der Waals surface area (Å²) in [5.74, 6) is 0.0164. The fraction of sp³-hybridized carbons (Fsp3) is 0.417. The van der Waals surface area contributed by atoms with Gasteiger partial charge in [-0.05, 0) is 36.8 Å². The number of aromatic nitrogens is 1. The minimum Gasteiger partial charge on any atom is -0.397 e. The second-order valence-corrected chi connectivity index (χ2v) is 9.71. The summed E-state index contributed by atoms with van der Waals surface area (Å²) in [4.78, 5) is 16.6. The number of nitriles is 1. The zero-order chi connectivity index (χ0) is 24.8. The monoisotopic (exact) mass is 452 g/mol. The number of aliphatic hydroxyl groups excluding tert-OH is 1. The van der Waals surface area contributed by atoms with E-state index in [9.17, 15) is 15.2 Å². The van der Waals surface area contributed by atoms with Crippen LogP contribution in [0.4, 0.5) is 5.88 Å². The fourth-order valence-corrected chi connectivity index (χ4v) is 2.98. The van der Waals surface area contributed by atoms with Gasteiger partial charge in [0.05, 0.1) is 30.0 Å². The standard InChI is InChI=1S/C24H32N6O3/c1-23(2,3)12-17-11-20(33-30-17)28-19(32)10-15-6-8-16(9-7-15)21(26)18(13-25)22(27)29-24(4,5)14-31/h6-9,11,31H,10,12,14,26H2,1-5H3,(H2,27,29)(H,28,32). The summed E-state index contributed by atoms with van der Waals surface area (Å²) >= 11 is 0. The first-order valence-corrected chi connectivity index (χ1v) is 10.5. The average Bonchev–Trinajstić information content (AvgIpc) is 3.13. The molecule has 1 heterocycles. The molecule has 0 aliphatic heterocycles. The van der Waals surface area contributed by atoms with Gasteiger partial charge in [-0.1, -0.05) is 50.2 Å². The lowest BCUT2D eigenvalue weighted by Crippen LogP contribution is -2.28. The van der Waals surface area contributed by atoms with Crippen molar-refractivity contribution in [3.05, 3.63) is 52.7 Å². The summed E-state index contributed by atoms with van der Waals surface area (Å²) in [6.07, 6.45) is 0.860. The molecule has 9 nitrogen and oxygen atoms in total. The second kappa shape index (κ2) is 10.3. The van der Waals surface area contributed by atoms with Gasteiger partial charge in [0.2, 0.25) is 11.8 Å². The van der Waals surface area contributed by atoms with Crippen LogP contribution in [-0.4, -0.2) is 34.2 Å². The topological polar surface area (TPSA) is 164 Å². The van der Waals surface area contributed by atoms with E-state index in [0.717, 1.165) is 17.7 Å². The van der Waals surface area contributed by atoms with Crippen molar-refractivity contribution in [3.8, 4) is 6.07 Å². The van der Waals surface area contributed by atoms with E-state index in [1.54, 1.807) is 44.2 Å². The van der Waals surface area contributed by atoms with Gasteiger partial charge in [0, 0.05) is 6.07 Å². The molecule has 0 spiro atoms. The average molecular weight is 453 g/mol. The van der Waals surface area contributed by atoms with E-state index >= 15 is 0 Å². The van der Waals surface area contributed by atoms with Crippen molar-refractivity contribution in [3.63, 3.8) is 0 Å². The molecule has 2 rings (SSSR count). The Morgan fingerprint density at radius 3 is 2.39 bits per heavy atom. The van der Waals surface area contributed by atoms with Gasteiger partial charge in [0.25, 0.3) is 0 Å². The maximum atomic E-state index is 12.4. The number of hydrogen-bond donors (Lipinski definition) is 4. The molecule has 0 aliphatic rings. The van der Waals surface area contributed by atoms with Crippen molar-refractivity contribution in [1.29, 1.82) is 5.26 Å². The third-order valence-electron chi connectivity index (χ3n) is 4.61. The Morgan fingerprint density at radius 2 is 1.85 bits per heavy atom. The zero-order valence-electron chi connectivity index (χ0n) is 19.8. The number of carbonyl (C=O) groups is 1. The molecule has 0 atom stereocenters. The first kappa shape index (κ1) is 25.6. The number of benzene rings is 1. The molecule has 176 valence electrons. The molecular weight excluding hydrogens is 420 g/mol. The molecule has 0 bridgehead atoms. The van der Waals surface area contributed by atoms with Gasteiger partial charge in [0.1, 0.15) is 17.5 Å². The highest BCUT2D eigenvalue weighted by molar-refractivity contribution is 6.07.